The molecule has 0 atom stereocenters. The Kier molecular flexibility index (Phi) is 10.2. The lowest BCUT2D eigenvalue weighted by Gasteiger charge is -2.09. The molecule has 8 aromatic heterocycles. The van der Waals surface area contributed by atoms with Gasteiger partial charge < -0.3 is 10.6 Å². The molecule has 2 N–H and O–H groups in total. The Bertz CT molecular complexity index is 2520. The van der Waals surface area contributed by atoms with E-state index in [2.05, 4.69) is 105 Å². The maximum atomic E-state index is 4.75. The number of hydrogen-bond donors (Lipinski definition) is 2. The van der Waals surface area contributed by atoms with Crippen LogP contribution in [-0.2, 0) is 7.05 Å². The maximum absolute atomic E-state index is 4.75. The van der Waals surface area contributed by atoms with Crippen LogP contribution in [0.5, 0.6) is 0 Å². The molecule has 0 fully saturated rings. The molecule has 8 rings (SSSR count). The molecule has 0 saturated carbocycles. The van der Waals surface area contributed by atoms with Gasteiger partial charge in [0.2, 0.25) is 0 Å². The fourth-order valence-electron chi connectivity index (χ4n) is 5.40. The Labute approximate surface area is 313 Å². The number of hydrogen-bond acceptors (Lipinski definition) is 13. The van der Waals surface area contributed by atoms with Crippen LogP contribution in [0.4, 0.5) is 23.3 Å². The maximum Gasteiger partial charge on any atom is 0.154 e. The van der Waals surface area contributed by atoms with Gasteiger partial charge in [-0.2, -0.15) is 25.5 Å². The van der Waals surface area contributed by atoms with E-state index in [1.807, 2.05) is 74.0 Å². The van der Waals surface area contributed by atoms with Gasteiger partial charge in [0.15, 0.2) is 11.6 Å². The van der Waals surface area contributed by atoms with Crippen molar-refractivity contribution in [3.05, 3.63) is 114 Å². The van der Waals surface area contributed by atoms with Crippen LogP contribution in [-0.4, -0.2) is 60.3 Å². The lowest BCUT2D eigenvalue weighted by molar-refractivity contribution is 0.770. The van der Waals surface area contributed by atoms with E-state index in [0.717, 1.165) is 65.9 Å². The Hall–Kier alpha value is -6.35. The molecule has 0 bridgehead atoms. The predicted octanol–water partition coefficient (Wildman–Crippen LogP) is 8.19. The van der Waals surface area contributed by atoms with Crippen molar-refractivity contribution in [1.82, 2.24) is 60.3 Å². The summed E-state index contributed by atoms with van der Waals surface area (Å²) in [4.78, 5) is 18.2. The molecular weight excluding hydrogens is 732 g/mol. The second-order valence-electron chi connectivity index (χ2n) is 12.9. The first kappa shape index (κ1) is 35.1. The lowest BCUT2D eigenvalue weighted by Crippen LogP contribution is -2.00. The molecule has 53 heavy (non-hydrogen) atoms. The first-order valence-corrected chi connectivity index (χ1v) is 17.7. The zero-order valence-electron chi connectivity index (χ0n) is 29.6. The molecular formula is C38H35BrN14. The van der Waals surface area contributed by atoms with E-state index in [1.54, 1.807) is 35.7 Å². The van der Waals surface area contributed by atoms with Gasteiger partial charge in [0.1, 0.15) is 17.3 Å². The van der Waals surface area contributed by atoms with Crippen molar-refractivity contribution < 1.29 is 0 Å². The summed E-state index contributed by atoms with van der Waals surface area (Å²) in [6.45, 7) is 8.49. The summed E-state index contributed by atoms with van der Waals surface area (Å²) in [7, 11) is 1.89. The first-order valence-electron chi connectivity index (χ1n) is 16.9. The predicted molar refractivity (Wildman–Crippen MR) is 209 cm³/mol. The van der Waals surface area contributed by atoms with Gasteiger partial charge in [0, 0.05) is 46.8 Å². The number of halogens is 1. The third-order valence-corrected chi connectivity index (χ3v) is 8.67. The second kappa shape index (κ2) is 15.5. The van der Waals surface area contributed by atoms with Gasteiger partial charge in [0.25, 0.3) is 0 Å². The highest BCUT2D eigenvalue weighted by Gasteiger charge is 2.14. The van der Waals surface area contributed by atoms with Crippen molar-refractivity contribution in [3.8, 4) is 22.4 Å². The third-order valence-electron chi connectivity index (χ3n) is 8.24. The standard InChI is InChI=1S/C23H21N9.C15H14BrN5/c1-14(2)16-9-22(30-27-12-16)29-21-5-4-19-20(28-21)8-17(10-24-19)18-13-32(3)31-23(18)15-6-7-25-26-11-15;1-9(2)10-5-15(21-18-7-10)20-14-4-3-12-13(19-14)6-11(16)8-17-12/h4-14H,1-3H3,(H,28,29,30);3-9H,1-2H3,(H,19,20,21). The van der Waals surface area contributed by atoms with Crippen molar-refractivity contribution in [2.45, 2.75) is 39.5 Å². The van der Waals surface area contributed by atoms with Gasteiger partial charge in [-0.3, -0.25) is 14.6 Å². The molecule has 15 heteroatoms. The molecule has 0 radical (unpaired) electrons. The van der Waals surface area contributed by atoms with Crippen LogP contribution < -0.4 is 10.6 Å². The van der Waals surface area contributed by atoms with E-state index < -0.39 is 0 Å². The van der Waals surface area contributed by atoms with E-state index in [1.165, 1.54) is 0 Å². The molecule has 0 aromatic carbocycles. The van der Waals surface area contributed by atoms with Gasteiger partial charge >= 0.3 is 0 Å². The summed E-state index contributed by atoms with van der Waals surface area (Å²) in [5.74, 6) is 3.52. The van der Waals surface area contributed by atoms with Crippen LogP contribution in [0.3, 0.4) is 0 Å². The average molecular weight is 768 g/mol. The molecule has 0 amide bonds. The van der Waals surface area contributed by atoms with Gasteiger partial charge in [-0.1, -0.05) is 27.7 Å². The van der Waals surface area contributed by atoms with Crippen molar-refractivity contribution in [3.63, 3.8) is 0 Å². The molecule has 264 valence electrons. The van der Waals surface area contributed by atoms with Crippen LogP contribution in [0.25, 0.3) is 44.5 Å². The zero-order chi connectivity index (χ0) is 36.9. The zero-order valence-corrected chi connectivity index (χ0v) is 31.2. The molecule has 0 unspecified atom stereocenters. The van der Waals surface area contributed by atoms with E-state index in [4.69, 9.17) is 4.98 Å². The highest BCUT2D eigenvalue weighted by Crippen LogP contribution is 2.31. The van der Waals surface area contributed by atoms with Gasteiger partial charge in [0.05, 0.1) is 46.9 Å². The summed E-state index contributed by atoms with van der Waals surface area (Å²) in [5, 5.41) is 35.2. The van der Waals surface area contributed by atoms with Crippen molar-refractivity contribution >= 4 is 61.3 Å². The number of aromatic nitrogens is 12. The Morgan fingerprint density at radius 1 is 0.585 bits per heavy atom. The molecule has 14 nitrogen and oxygen atoms in total. The van der Waals surface area contributed by atoms with Crippen LogP contribution >= 0.6 is 15.9 Å². The van der Waals surface area contributed by atoms with E-state index in [0.29, 0.717) is 29.3 Å². The van der Waals surface area contributed by atoms with Crippen molar-refractivity contribution in [2.75, 3.05) is 10.6 Å². The fraction of sp³-hybridized carbons (Fsp3) is 0.184. The molecule has 0 spiro atoms. The highest BCUT2D eigenvalue weighted by molar-refractivity contribution is 9.10. The SMILES string of the molecule is CC(C)c1cnnc(Nc2ccc3ncc(-c4cn(C)nc4-c4ccnnc4)cc3n2)c1.CC(C)c1cnnc(Nc2ccc3ncc(Br)cc3n2)c1. The largest absolute Gasteiger partial charge is 0.323 e. The average Bonchev–Trinajstić information content (AvgIpc) is 3.56. The van der Waals surface area contributed by atoms with E-state index in [-0.39, 0.29) is 0 Å². The van der Waals surface area contributed by atoms with Crippen molar-refractivity contribution in [2.24, 2.45) is 7.05 Å². The molecule has 0 saturated heterocycles. The molecule has 0 aliphatic heterocycles. The number of nitrogens with one attached hydrogen (secondary N) is 2. The normalized spacial score (nSPS) is 11.2. The smallest absolute Gasteiger partial charge is 0.154 e. The Balaban J connectivity index is 0.000000179. The van der Waals surface area contributed by atoms with Gasteiger partial charge in [-0.05, 0) is 93.5 Å². The van der Waals surface area contributed by atoms with Crippen LogP contribution in [0.15, 0.2) is 102 Å². The van der Waals surface area contributed by atoms with Crippen LogP contribution in [0, 0.1) is 0 Å². The Morgan fingerprint density at radius 2 is 1.19 bits per heavy atom. The number of aryl methyl sites for hydroxylation is 1. The number of pyridine rings is 4. The monoisotopic (exact) mass is 766 g/mol. The number of rotatable bonds is 8. The Morgan fingerprint density at radius 3 is 1.77 bits per heavy atom. The lowest BCUT2D eigenvalue weighted by atomic mass is 10.0. The molecule has 0 aliphatic rings. The summed E-state index contributed by atoms with van der Waals surface area (Å²) in [5.41, 5.74) is 9.07. The van der Waals surface area contributed by atoms with Crippen molar-refractivity contribution in [1.29, 1.82) is 0 Å². The minimum absolute atomic E-state index is 0.367. The van der Waals surface area contributed by atoms with Crippen LogP contribution in [0.2, 0.25) is 0 Å². The quantitative estimate of drug-likeness (QED) is 0.152. The van der Waals surface area contributed by atoms with E-state index >= 15 is 0 Å². The number of nitrogens with zero attached hydrogens (tertiary/aromatic N) is 12. The van der Waals surface area contributed by atoms with Gasteiger partial charge in [-0.25, -0.2) is 9.97 Å². The first-order chi connectivity index (χ1) is 25.7. The second-order valence-corrected chi connectivity index (χ2v) is 13.8. The van der Waals surface area contributed by atoms with Gasteiger partial charge in [-0.15, -0.1) is 10.2 Å². The number of anilines is 4. The summed E-state index contributed by atoms with van der Waals surface area (Å²) < 4.78 is 2.68. The minimum Gasteiger partial charge on any atom is -0.323 e. The third kappa shape index (κ3) is 8.42. The molecule has 8 aromatic rings. The molecule has 8 heterocycles. The summed E-state index contributed by atoms with van der Waals surface area (Å²) in [6.07, 6.45) is 12.5. The molecule has 0 aliphatic carbocycles. The fourth-order valence-corrected chi connectivity index (χ4v) is 5.72. The topological polar surface area (TPSA) is 171 Å². The van der Waals surface area contributed by atoms with Crippen LogP contribution in [0.1, 0.15) is 50.7 Å². The summed E-state index contributed by atoms with van der Waals surface area (Å²) >= 11 is 3.40. The highest BCUT2D eigenvalue weighted by atomic mass is 79.9. The van der Waals surface area contributed by atoms with E-state index in [9.17, 15) is 0 Å². The minimum atomic E-state index is 0.367. The summed E-state index contributed by atoms with van der Waals surface area (Å²) in [6, 6.07) is 17.4. The number of fused-ring (bicyclic) bond motifs is 2.